The van der Waals surface area contributed by atoms with Gasteiger partial charge in [-0.3, -0.25) is 9.88 Å². The van der Waals surface area contributed by atoms with Crippen LogP contribution < -0.4 is 5.73 Å². The van der Waals surface area contributed by atoms with Crippen LogP contribution in [0.15, 0.2) is 30.5 Å². The molecule has 0 saturated carbocycles. The Balaban J connectivity index is 2.05. The fourth-order valence-electron chi connectivity index (χ4n) is 2.79. The lowest BCUT2D eigenvalue weighted by atomic mass is 10.0. The van der Waals surface area contributed by atoms with Crippen LogP contribution in [0.4, 0.5) is 0 Å². The van der Waals surface area contributed by atoms with E-state index in [1.807, 2.05) is 36.2 Å². The lowest BCUT2D eigenvalue weighted by molar-refractivity contribution is 0.224. The first kappa shape index (κ1) is 14.1. The SMILES string of the molecule is NCC(c1ccc(Cl)c2cccnc12)N1CCSCC1. The van der Waals surface area contributed by atoms with E-state index in [0.717, 1.165) is 29.0 Å². The van der Waals surface area contributed by atoms with E-state index in [-0.39, 0.29) is 6.04 Å². The van der Waals surface area contributed by atoms with E-state index in [4.69, 9.17) is 17.3 Å². The molecule has 0 amide bonds. The number of benzene rings is 1. The number of rotatable bonds is 3. The maximum atomic E-state index is 6.27. The first-order chi connectivity index (χ1) is 9.81. The van der Waals surface area contributed by atoms with Crippen molar-refractivity contribution in [3.8, 4) is 0 Å². The molecule has 1 saturated heterocycles. The highest BCUT2D eigenvalue weighted by atomic mass is 35.5. The van der Waals surface area contributed by atoms with Crippen LogP contribution >= 0.6 is 23.4 Å². The number of nitrogens with zero attached hydrogens (tertiary/aromatic N) is 2. The van der Waals surface area contributed by atoms with Crippen molar-refractivity contribution >= 4 is 34.3 Å². The lowest BCUT2D eigenvalue weighted by Crippen LogP contribution is -2.39. The number of halogens is 1. The Labute approximate surface area is 128 Å². The molecule has 3 rings (SSSR count). The molecule has 2 aromatic rings. The Bertz CT molecular complexity index is 599. The van der Waals surface area contributed by atoms with E-state index in [0.29, 0.717) is 6.54 Å². The number of pyridine rings is 1. The van der Waals surface area contributed by atoms with Crippen molar-refractivity contribution in [3.05, 3.63) is 41.0 Å². The van der Waals surface area contributed by atoms with Crippen LogP contribution in [0.3, 0.4) is 0 Å². The van der Waals surface area contributed by atoms with E-state index in [2.05, 4.69) is 16.0 Å². The smallest absolute Gasteiger partial charge is 0.0765 e. The van der Waals surface area contributed by atoms with Gasteiger partial charge >= 0.3 is 0 Å². The zero-order chi connectivity index (χ0) is 13.9. The van der Waals surface area contributed by atoms with Crippen molar-refractivity contribution in [2.24, 2.45) is 5.73 Å². The number of thioether (sulfide) groups is 1. The monoisotopic (exact) mass is 307 g/mol. The predicted octanol–water partition coefficient (Wildman–Crippen LogP) is 2.94. The number of fused-ring (bicyclic) bond motifs is 1. The van der Waals surface area contributed by atoms with Crippen molar-refractivity contribution in [2.75, 3.05) is 31.1 Å². The molecule has 2 heterocycles. The quantitative estimate of drug-likeness (QED) is 0.947. The molecule has 0 aliphatic carbocycles. The highest BCUT2D eigenvalue weighted by molar-refractivity contribution is 7.99. The van der Waals surface area contributed by atoms with Crippen molar-refractivity contribution in [1.29, 1.82) is 0 Å². The van der Waals surface area contributed by atoms with Gasteiger partial charge in [0.25, 0.3) is 0 Å². The minimum atomic E-state index is 0.227. The van der Waals surface area contributed by atoms with Crippen LogP contribution in [-0.2, 0) is 0 Å². The molecule has 1 aliphatic heterocycles. The molecular formula is C15H18ClN3S. The molecule has 20 heavy (non-hydrogen) atoms. The molecule has 0 radical (unpaired) electrons. The second-order valence-corrected chi connectivity index (χ2v) is 6.57. The van der Waals surface area contributed by atoms with Crippen LogP contribution in [0, 0.1) is 0 Å². The van der Waals surface area contributed by atoms with Crippen molar-refractivity contribution in [1.82, 2.24) is 9.88 Å². The summed E-state index contributed by atoms with van der Waals surface area (Å²) < 4.78 is 0. The largest absolute Gasteiger partial charge is 0.329 e. The van der Waals surface area contributed by atoms with Crippen LogP contribution in [0.1, 0.15) is 11.6 Å². The molecule has 1 aromatic carbocycles. The first-order valence-corrected chi connectivity index (χ1v) is 8.39. The normalized spacial score (nSPS) is 18.3. The zero-order valence-corrected chi connectivity index (χ0v) is 12.8. The number of hydrogen-bond acceptors (Lipinski definition) is 4. The maximum absolute atomic E-state index is 6.27. The Kier molecular flexibility index (Phi) is 4.46. The van der Waals surface area contributed by atoms with E-state index in [1.54, 1.807) is 0 Å². The van der Waals surface area contributed by atoms with Gasteiger partial charge in [0, 0.05) is 53.8 Å². The average molecular weight is 308 g/mol. The standard InChI is InChI=1S/C15H18ClN3S/c16-13-4-3-12(15-11(13)2-1-5-18-15)14(10-17)19-6-8-20-9-7-19/h1-5,14H,6-10,17H2. The van der Waals surface area contributed by atoms with Gasteiger partial charge in [-0.05, 0) is 23.8 Å². The van der Waals surface area contributed by atoms with Crippen LogP contribution in [0.25, 0.3) is 10.9 Å². The highest BCUT2D eigenvalue weighted by Crippen LogP contribution is 2.31. The van der Waals surface area contributed by atoms with Crippen molar-refractivity contribution in [2.45, 2.75) is 6.04 Å². The van der Waals surface area contributed by atoms with Gasteiger partial charge in [0.05, 0.1) is 5.52 Å². The summed E-state index contributed by atoms with van der Waals surface area (Å²) in [5.74, 6) is 2.35. The summed E-state index contributed by atoms with van der Waals surface area (Å²) in [5.41, 5.74) is 8.23. The summed E-state index contributed by atoms with van der Waals surface area (Å²) in [5, 5.41) is 1.76. The zero-order valence-electron chi connectivity index (χ0n) is 11.3. The van der Waals surface area contributed by atoms with Crippen LogP contribution in [0.2, 0.25) is 5.02 Å². The third kappa shape index (κ3) is 2.66. The highest BCUT2D eigenvalue weighted by Gasteiger charge is 2.23. The minimum absolute atomic E-state index is 0.227. The van der Waals surface area contributed by atoms with Crippen LogP contribution in [-0.4, -0.2) is 41.0 Å². The Hall–Kier alpha value is -0.810. The van der Waals surface area contributed by atoms with Gasteiger partial charge in [0.15, 0.2) is 0 Å². The van der Waals surface area contributed by atoms with E-state index in [1.165, 1.54) is 17.1 Å². The number of nitrogens with two attached hydrogens (primary N) is 1. The fraction of sp³-hybridized carbons (Fsp3) is 0.400. The molecule has 1 fully saturated rings. The second kappa shape index (κ2) is 6.31. The summed E-state index contributed by atoms with van der Waals surface area (Å²) >= 11 is 8.28. The van der Waals surface area contributed by atoms with Crippen LogP contribution in [0.5, 0.6) is 0 Å². The minimum Gasteiger partial charge on any atom is -0.329 e. The van der Waals surface area contributed by atoms with Gasteiger partial charge in [-0.15, -0.1) is 0 Å². The molecule has 1 aromatic heterocycles. The number of aromatic nitrogens is 1. The lowest BCUT2D eigenvalue weighted by Gasteiger charge is -2.34. The topological polar surface area (TPSA) is 42.1 Å². The average Bonchev–Trinajstić information content (AvgIpc) is 2.52. The van der Waals surface area contributed by atoms with Crippen molar-refractivity contribution in [3.63, 3.8) is 0 Å². The van der Waals surface area contributed by atoms with E-state index < -0.39 is 0 Å². The van der Waals surface area contributed by atoms with Gasteiger partial charge in [0.2, 0.25) is 0 Å². The van der Waals surface area contributed by atoms with Gasteiger partial charge in [-0.1, -0.05) is 17.7 Å². The molecule has 5 heteroatoms. The molecule has 106 valence electrons. The maximum Gasteiger partial charge on any atom is 0.0765 e. The Morgan fingerprint density at radius 3 is 2.85 bits per heavy atom. The summed E-state index contributed by atoms with van der Waals surface area (Å²) in [4.78, 5) is 7.00. The fourth-order valence-corrected chi connectivity index (χ4v) is 3.94. The molecule has 2 N–H and O–H groups in total. The van der Waals surface area contributed by atoms with Crippen molar-refractivity contribution < 1.29 is 0 Å². The molecule has 3 nitrogen and oxygen atoms in total. The third-order valence-electron chi connectivity index (χ3n) is 3.82. The second-order valence-electron chi connectivity index (χ2n) is 4.94. The van der Waals surface area contributed by atoms with E-state index in [9.17, 15) is 0 Å². The summed E-state index contributed by atoms with van der Waals surface area (Å²) in [6.07, 6.45) is 1.82. The summed E-state index contributed by atoms with van der Waals surface area (Å²) in [6.45, 7) is 2.78. The Morgan fingerprint density at radius 1 is 1.30 bits per heavy atom. The number of hydrogen-bond donors (Lipinski definition) is 1. The third-order valence-corrected chi connectivity index (χ3v) is 5.09. The Morgan fingerprint density at radius 2 is 2.10 bits per heavy atom. The first-order valence-electron chi connectivity index (χ1n) is 6.86. The molecule has 1 unspecified atom stereocenters. The molecule has 1 aliphatic rings. The predicted molar refractivity (Wildman–Crippen MR) is 87.4 cm³/mol. The molecule has 0 spiro atoms. The van der Waals surface area contributed by atoms with Gasteiger partial charge < -0.3 is 5.73 Å². The molecule has 1 atom stereocenters. The summed E-state index contributed by atoms with van der Waals surface area (Å²) in [7, 11) is 0. The van der Waals surface area contributed by atoms with Gasteiger partial charge in [0.1, 0.15) is 0 Å². The molecule has 0 bridgehead atoms. The molecular weight excluding hydrogens is 290 g/mol. The van der Waals surface area contributed by atoms with E-state index >= 15 is 0 Å². The summed E-state index contributed by atoms with van der Waals surface area (Å²) in [6, 6.07) is 8.21. The van der Waals surface area contributed by atoms with Gasteiger partial charge in [-0.25, -0.2) is 0 Å². The van der Waals surface area contributed by atoms with Gasteiger partial charge in [-0.2, -0.15) is 11.8 Å².